The van der Waals surface area contributed by atoms with E-state index in [2.05, 4.69) is 57.0 Å². The fourth-order valence-electron chi connectivity index (χ4n) is 4.68. The monoisotopic (exact) mass is 410 g/mol. The van der Waals surface area contributed by atoms with Gasteiger partial charge in [-0.15, -0.1) is 0 Å². The summed E-state index contributed by atoms with van der Waals surface area (Å²) in [6.45, 7) is 12.8. The van der Waals surface area contributed by atoms with Crippen molar-refractivity contribution < 1.29 is 9.53 Å². The van der Waals surface area contributed by atoms with Crippen LogP contribution >= 0.6 is 0 Å². The Morgan fingerprint density at radius 2 is 1.80 bits per heavy atom. The quantitative estimate of drug-likeness (QED) is 0.833. The highest BCUT2D eigenvalue weighted by Crippen LogP contribution is 2.27. The molecule has 1 N–H and O–H groups in total. The maximum absolute atomic E-state index is 12.8. The molecule has 0 unspecified atom stereocenters. The molecule has 0 radical (unpaired) electrons. The molecule has 0 aliphatic carbocycles. The van der Waals surface area contributed by atoms with Crippen LogP contribution in [0.1, 0.15) is 56.4 Å². The molecule has 2 saturated heterocycles. The molecule has 0 spiro atoms. The maximum Gasteiger partial charge on any atom is 0.226 e. The Balaban J connectivity index is 1.39. The number of carbonyl (C=O) groups excluding carboxylic acids is 1. The van der Waals surface area contributed by atoms with E-state index in [0.29, 0.717) is 6.61 Å². The van der Waals surface area contributed by atoms with Gasteiger partial charge in [0.25, 0.3) is 0 Å². The van der Waals surface area contributed by atoms with E-state index in [1.165, 1.54) is 11.1 Å². The molecule has 30 heavy (non-hydrogen) atoms. The summed E-state index contributed by atoms with van der Waals surface area (Å²) in [4.78, 5) is 24.7. The number of aryl methyl sites for hydroxylation is 3. The smallest absolute Gasteiger partial charge is 0.226 e. The number of piperidine rings is 1. The first-order valence-electron chi connectivity index (χ1n) is 11.2. The van der Waals surface area contributed by atoms with Crippen molar-refractivity contribution in [1.29, 1.82) is 0 Å². The SMILES string of the molecule is Cc1cc2nc(N3CCC(C(=O)N[C@H]4CCOC(C)(C)C4)CC3)nc(C)c2cc1C. The molecule has 1 aromatic carbocycles. The number of amides is 1. The summed E-state index contributed by atoms with van der Waals surface area (Å²) in [6.07, 6.45) is 3.45. The topological polar surface area (TPSA) is 67.4 Å². The third kappa shape index (κ3) is 4.43. The number of anilines is 1. The Labute approximate surface area is 179 Å². The van der Waals surface area contributed by atoms with Gasteiger partial charge < -0.3 is 15.0 Å². The zero-order valence-corrected chi connectivity index (χ0v) is 18.9. The van der Waals surface area contributed by atoms with Gasteiger partial charge in [0.2, 0.25) is 11.9 Å². The van der Waals surface area contributed by atoms with E-state index in [4.69, 9.17) is 14.7 Å². The second-order valence-electron chi connectivity index (χ2n) is 9.63. The molecule has 162 valence electrons. The summed E-state index contributed by atoms with van der Waals surface area (Å²) in [6, 6.07) is 4.55. The van der Waals surface area contributed by atoms with Crippen LogP contribution in [0.4, 0.5) is 5.95 Å². The molecule has 6 heteroatoms. The highest BCUT2D eigenvalue weighted by molar-refractivity contribution is 5.83. The number of nitrogens with one attached hydrogen (secondary N) is 1. The van der Waals surface area contributed by atoms with Gasteiger partial charge in [-0.1, -0.05) is 0 Å². The van der Waals surface area contributed by atoms with Crippen LogP contribution in [0.25, 0.3) is 10.9 Å². The van der Waals surface area contributed by atoms with Crippen LogP contribution in [0, 0.1) is 26.7 Å². The second-order valence-corrected chi connectivity index (χ2v) is 9.63. The fraction of sp³-hybridized carbons (Fsp3) is 0.625. The molecule has 1 aromatic heterocycles. The van der Waals surface area contributed by atoms with Crippen LogP contribution in [-0.2, 0) is 9.53 Å². The number of aromatic nitrogens is 2. The van der Waals surface area contributed by atoms with Crippen molar-refractivity contribution >= 4 is 22.8 Å². The van der Waals surface area contributed by atoms with Crippen LogP contribution in [0.3, 0.4) is 0 Å². The number of hydrogen-bond donors (Lipinski definition) is 1. The lowest BCUT2D eigenvalue weighted by Gasteiger charge is -2.37. The van der Waals surface area contributed by atoms with Gasteiger partial charge in [0.15, 0.2) is 0 Å². The standard InChI is InChI=1S/C24H34N4O2/c1-15-12-20-17(3)25-23(27-21(20)13-16(15)2)28-9-6-18(7-10-28)22(29)26-19-8-11-30-24(4,5)14-19/h12-13,18-19H,6-11,14H2,1-5H3,(H,26,29)/t19-/m0/s1. The summed E-state index contributed by atoms with van der Waals surface area (Å²) in [7, 11) is 0. The molecule has 2 fully saturated rings. The van der Waals surface area contributed by atoms with Gasteiger partial charge in [-0.3, -0.25) is 4.79 Å². The minimum atomic E-state index is -0.151. The van der Waals surface area contributed by atoms with Crippen molar-refractivity contribution in [3.05, 3.63) is 29.0 Å². The molecule has 2 aliphatic heterocycles. The number of benzene rings is 1. The minimum absolute atomic E-state index is 0.0682. The van der Waals surface area contributed by atoms with Crippen LogP contribution in [0.2, 0.25) is 0 Å². The van der Waals surface area contributed by atoms with Crippen LogP contribution in [-0.4, -0.2) is 47.2 Å². The Kier molecular flexibility index (Phi) is 5.71. The van der Waals surface area contributed by atoms with Crippen molar-refractivity contribution in [1.82, 2.24) is 15.3 Å². The lowest BCUT2D eigenvalue weighted by Crippen LogP contribution is -2.49. The van der Waals surface area contributed by atoms with Crippen LogP contribution in [0.5, 0.6) is 0 Å². The Morgan fingerprint density at radius 3 is 2.50 bits per heavy atom. The van der Waals surface area contributed by atoms with Gasteiger partial charge in [0.1, 0.15) is 0 Å². The average Bonchev–Trinajstić information content (AvgIpc) is 2.69. The molecule has 1 atom stereocenters. The van der Waals surface area contributed by atoms with Gasteiger partial charge in [0.05, 0.1) is 16.8 Å². The normalized spacial score (nSPS) is 22.3. The average molecular weight is 411 g/mol. The van der Waals surface area contributed by atoms with Crippen molar-refractivity contribution in [2.75, 3.05) is 24.6 Å². The molecule has 0 saturated carbocycles. The number of nitrogens with zero attached hydrogens (tertiary/aromatic N) is 3. The highest BCUT2D eigenvalue weighted by Gasteiger charge is 2.32. The maximum atomic E-state index is 12.8. The van der Waals surface area contributed by atoms with Gasteiger partial charge >= 0.3 is 0 Å². The van der Waals surface area contributed by atoms with Gasteiger partial charge in [-0.05, 0) is 83.6 Å². The van der Waals surface area contributed by atoms with Gasteiger partial charge in [0, 0.05) is 37.0 Å². The van der Waals surface area contributed by atoms with E-state index in [1.54, 1.807) is 0 Å². The van der Waals surface area contributed by atoms with Crippen molar-refractivity contribution in [2.24, 2.45) is 5.92 Å². The summed E-state index contributed by atoms with van der Waals surface area (Å²) in [5.41, 5.74) is 4.38. The van der Waals surface area contributed by atoms with Crippen LogP contribution in [0.15, 0.2) is 12.1 Å². The summed E-state index contributed by atoms with van der Waals surface area (Å²) < 4.78 is 5.77. The van der Waals surface area contributed by atoms with Crippen molar-refractivity contribution in [3.63, 3.8) is 0 Å². The lowest BCUT2D eigenvalue weighted by molar-refractivity contribution is -0.128. The molecule has 6 nitrogen and oxygen atoms in total. The van der Waals surface area contributed by atoms with E-state index >= 15 is 0 Å². The van der Waals surface area contributed by atoms with E-state index in [1.807, 2.05) is 0 Å². The number of fused-ring (bicyclic) bond motifs is 1. The molecular weight excluding hydrogens is 376 g/mol. The third-order valence-electron chi connectivity index (χ3n) is 6.68. The predicted octanol–water partition coefficient (Wildman–Crippen LogP) is 3.85. The number of hydrogen-bond acceptors (Lipinski definition) is 5. The summed E-state index contributed by atoms with van der Waals surface area (Å²) in [5, 5.41) is 4.40. The summed E-state index contributed by atoms with van der Waals surface area (Å²) >= 11 is 0. The minimum Gasteiger partial charge on any atom is -0.375 e. The van der Waals surface area contributed by atoms with Crippen molar-refractivity contribution in [3.8, 4) is 0 Å². The molecule has 3 heterocycles. The van der Waals surface area contributed by atoms with E-state index in [-0.39, 0.29) is 23.5 Å². The second kappa shape index (κ2) is 8.14. The first kappa shape index (κ1) is 21.0. The first-order valence-corrected chi connectivity index (χ1v) is 11.2. The largest absolute Gasteiger partial charge is 0.375 e. The van der Waals surface area contributed by atoms with Gasteiger partial charge in [-0.2, -0.15) is 0 Å². The zero-order valence-electron chi connectivity index (χ0n) is 18.9. The Hall–Kier alpha value is -2.21. The fourth-order valence-corrected chi connectivity index (χ4v) is 4.68. The number of ether oxygens (including phenoxy) is 1. The van der Waals surface area contributed by atoms with E-state index in [0.717, 1.165) is 61.3 Å². The Bertz CT molecular complexity index is 948. The molecule has 2 aliphatic rings. The van der Waals surface area contributed by atoms with E-state index in [9.17, 15) is 4.79 Å². The molecular formula is C24H34N4O2. The van der Waals surface area contributed by atoms with Gasteiger partial charge in [-0.25, -0.2) is 9.97 Å². The van der Waals surface area contributed by atoms with Crippen molar-refractivity contribution in [2.45, 2.75) is 71.9 Å². The number of rotatable bonds is 3. The first-order chi connectivity index (χ1) is 14.2. The van der Waals surface area contributed by atoms with Crippen LogP contribution < -0.4 is 10.2 Å². The summed E-state index contributed by atoms with van der Waals surface area (Å²) in [5.74, 6) is 1.05. The molecule has 1 amide bonds. The predicted molar refractivity (Wildman–Crippen MR) is 120 cm³/mol. The lowest BCUT2D eigenvalue weighted by atomic mass is 9.91. The molecule has 2 aromatic rings. The molecule has 0 bridgehead atoms. The Morgan fingerprint density at radius 1 is 1.10 bits per heavy atom. The molecule has 4 rings (SSSR count). The highest BCUT2D eigenvalue weighted by atomic mass is 16.5. The third-order valence-corrected chi connectivity index (χ3v) is 6.68. The zero-order chi connectivity index (χ0) is 21.5. The number of carbonyl (C=O) groups is 1. The van der Waals surface area contributed by atoms with E-state index < -0.39 is 0 Å².